The molecule has 0 aromatic carbocycles. The molecule has 0 heterocycles. The molecule has 0 aromatic rings. The second-order valence-electron chi connectivity index (χ2n) is 6.23. The van der Waals surface area contributed by atoms with Crippen LogP contribution in [0.3, 0.4) is 0 Å². The Balaban J connectivity index is 4.84. The van der Waals surface area contributed by atoms with E-state index in [1.807, 2.05) is 13.8 Å². The molecule has 0 aromatic heterocycles. The van der Waals surface area contributed by atoms with Gasteiger partial charge in [-0.25, -0.2) is 9.59 Å². The summed E-state index contributed by atoms with van der Waals surface area (Å²) in [6, 6.07) is -0.625. The molecule has 0 saturated heterocycles. The quantitative estimate of drug-likeness (QED) is 0.420. The van der Waals surface area contributed by atoms with E-state index in [9.17, 15) is 9.59 Å². The van der Waals surface area contributed by atoms with Crippen LogP contribution >= 0.6 is 0 Å². The Labute approximate surface area is 133 Å². The zero-order chi connectivity index (χ0) is 17.3. The highest BCUT2D eigenvalue weighted by atomic mass is 16.6. The van der Waals surface area contributed by atoms with Crippen LogP contribution in [-0.4, -0.2) is 43.9 Å². The van der Waals surface area contributed by atoms with E-state index < -0.39 is 23.6 Å². The first-order valence-corrected chi connectivity index (χ1v) is 7.44. The Bertz CT molecular complexity index is 396. The molecular weight excluding hydrogens is 286 g/mol. The van der Waals surface area contributed by atoms with Gasteiger partial charge in [-0.2, -0.15) is 0 Å². The van der Waals surface area contributed by atoms with Crippen LogP contribution in [0.1, 0.15) is 41.5 Å². The standard InChI is InChI=1S/C16H29NO5/c1-8-12(14(18)21-10-9-20-7)17-13(11(2)3)15(19)22-16(4,5)6/h8,11,13,17H,9-10H2,1-7H3/b12-8-/t13-/m0/s1. The fraction of sp³-hybridized carbons (Fsp3) is 0.750. The van der Waals surface area contributed by atoms with E-state index in [1.165, 1.54) is 7.11 Å². The first-order chi connectivity index (χ1) is 10.1. The minimum Gasteiger partial charge on any atom is -0.459 e. The average molecular weight is 315 g/mol. The molecule has 1 atom stereocenters. The van der Waals surface area contributed by atoms with Gasteiger partial charge in [0.15, 0.2) is 0 Å². The molecule has 0 unspecified atom stereocenters. The summed E-state index contributed by atoms with van der Waals surface area (Å²) in [5.41, 5.74) is -0.346. The minimum absolute atomic E-state index is 0.0448. The summed E-state index contributed by atoms with van der Waals surface area (Å²) < 4.78 is 15.3. The van der Waals surface area contributed by atoms with Crippen molar-refractivity contribution in [3.05, 3.63) is 11.8 Å². The van der Waals surface area contributed by atoms with Gasteiger partial charge < -0.3 is 19.5 Å². The van der Waals surface area contributed by atoms with Crippen LogP contribution in [0.15, 0.2) is 11.8 Å². The fourth-order valence-corrected chi connectivity index (χ4v) is 1.59. The molecule has 0 radical (unpaired) electrons. The number of carbonyl (C=O) groups excluding carboxylic acids is 2. The van der Waals surface area contributed by atoms with E-state index in [0.29, 0.717) is 6.61 Å². The lowest BCUT2D eigenvalue weighted by Crippen LogP contribution is -2.45. The van der Waals surface area contributed by atoms with Crippen LogP contribution < -0.4 is 5.32 Å². The number of methoxy groups -OCH3 is 1. The molecule has 0 fully saturated rings. The summed E-state index contributed by atoms with van der Waals surface area (Å²) in [5.74, 6) is -0.961. The van der Waals surface area contributed by atoms with Crippen LogP contribution in [0.2, 0.25) is 0 Å². The summed E-state index contributed by atoms with van der Waals surface area (Å²) in [6.07, 6.45) is 1.58. The van der Waals surface area contributed by atoms with Gasteiger partial charge in [-0.05, 0) is 33.6 Å². The maximum absolute atomic E-state index is 12.3. The predicted octanol–water partition coefficient (Wildman–Crippen LogP) is 2.04. The second-order valence-corrected chi connectivity index (χ2v) is 6.23. The van der Waals surface area contributed by atoms with E-state index >= 15 is 0 Å². The van der Waals surface area contributed by atoms with Crippen molar-refractivity contribution in [2.45, 2.75) is 53.2 Å². The summed E-state index contributed by atoms with van der Waals surface area (Å²) in [6.45, 7) is 11.4. The molecule has 0 spiro atoms. The lowest BCUT2D eigenvalue weighted by Gasteiger charge is -2.27. The third kappa shape index (κ3) is 8.02. The molecule has 6 nitrogen and oxygen atoms in total. The Morgan fingerprint density at radius 1 is 1.18 bits per heavy atom. The number of allylic oxidation sites excluding steroid dienone is 1. The maximum atomic E-state index is 12.3. The van der Waals surface area contributed by atoms with Gasteiger partial charge in [-0.3, -0.25) is 0 Å². The number of hydrogen-bond donors (Lipinski definition) is 1. The number of rotatable bonds is 8. The third-order valence-electron chi connectivity index (χ3n) is 2.67. The Hall–Kier alpha value is -1.56. The van der Waals surface area contributed by atoms with Crippen molar-refractivity contribution in [2.24, 2.45) is 5.92 Å². The second kappa shape index (κ2) is 9.46. The van der Waals surface area contributed by atoms with Crippen LogP contribution in [-0.2, 0) is 23.8 Å². The topological polar surface area (TPSA) is 73.9 Å². The summed E-state index contributed by atoms with van der Waals surface area (Å²) in [4.78, 5) is 24.2. The third-order valence-corrected chi connectivity index (χ3v) is 2.67. The van der Waals surface area contributed by atoms with Crippen LogP contribution in [0.25, 0.3) is 0 Å². The molecular formula is C16H29NO5. The van der Waals surface area contributed by atoms with E-state index in [0.717, 1.165) is 0 Å². The molecule has 0 rings (SSSR count). The summed E-state index contributed by atoms with van der Waals surface area (Å²) in [5, 5.41) is 2.92. The zero-order valence-electron chi connectivity index (χ0n) is 14.7. The van der Waals surface area contributed by atoms with Crippen molar-refractivity contribution in [1.82, 2.24) is 5.32 Å². The number of esters is 2. The molecule has 0 aliphatic carbocycles. The number of carbonyl (C=O) groups is 2. The molecule has 1 N–H and O–H groups in total. The van der Waals surface area contributed by atoms with Gasteiger partial charge in [0.05, 0.1) is 6.61 Å². The lowest BCUT2D eigenvalue weighted by atomic mass is 10.0. The number of hydrogen-bond acceptors (Lipinski definition) is 6. The summed E-state index contributed by atoms with van der Waals surface area (Å²) >= 11 is 0. The maximum Gasteiger partial charge on any atom is 0.354 e. The molecule has 0 saturated carbocycles. The zero-order valence-corrected chi connectivity index (χ0v) is 14.7. The molecule has 0 amide bonds. The first kappa shape index (κ1) is 20.4. The van der Waals surface area contributed by atoms with Crippen molar-refractivity contribution < 1.29 is 23.8 Å². The largest absolute Gasteiger partial charge is 0.459 e. The van der Waals surface area contributed by atoms with Gasteiger partial charge in [0.25, 0.3) is 0 Å². The van der Waals surface area contributed by atoms with Crippen LogP contribution in [0, 0.1) is 5.92 Å². The Kier molecular flexibility index (Phi) is 8.79. The SMILES string of the molecule is C/C=C(\N[C@H](C(=O)OC(C)(C)C)C(C)C)C(=O)OCCOC. The van der Waals surface area contributed by atoms with Crippen molar-refractivity contribution in [3.8, 4) is 0 Å². The highest BCUT2D eigenvalue weighted by Crippen LogP contribution is 2.13. The molecule has 0 aliphatic rings. The fourth-order valence-electron chi connectivity index (χ4n) is 1.59. The van der Waals surface area contributed by atoms with Gasteiger partial charge in [0, 0.05) is 7.11 Å². The van der Waals surface area contributed by atoms with E-state index in [1.54, 1.807) is 33.8 Å². The predicted molar refractivity (Wildman–Crippen MR) is 84.2 cm³/mol. The first-order valence-electron chi connectivity index (χ1n) is 7.44. The Morgan fingerprint density at radius 2 is 1.77 bits per heavy atom. The molecule has 0 bridgehead atoms. The molecule has 128 valence electrons. The normalized spacial score (nSPS) is 13.7. The Morgan fingerprint density at radius 3 is 2.18 bits per heavy atom. The van der Waals surface area contributed by atoms with E-state index in [-0.39, 0.29) is 18.2 Å². The minimum atomic E-state index is -0.625. The highest BCUT2D eigenvalue weighted by Gasteiger charge is 2.29. The average Bonchev–Trinajstić information content (AvgIpc) is 2.37. The van der Waals surface area contributed by atoms with Gasteiger partial charge in [-0.1, -0.05) is 19.9 Å². The van der Waals surface area contributed by atoms with Crippen molar-refractivity contribution >= 4 is 11.9 Å². The molecule has 0 aliphatic heterocycles. The van der Waals surface area contributed by atoms with Crippen LogP contribution in [0.4, 0.5) is 0 Å². The van der Waals surface area contributed by atoms with Crippen molar-refractivity contribution in [2.75, 3.05) is 20.3 Å². The molecule has 22 heavy (non-hydrogen) atoms. The van der Waals surface area contributed by atoms with E-state index in [2.05, 4.69) is 5.32 Å². The monoisotopic (exact) mass is 315 g/mol. The van der Waals surface area contributed by atoms with Gasteiger partial charge in [0.2, 0.25) is 0 Å². The number of nitrogens with one attached hydrogen (secondary N) is 1. The van der Waals surface area contributed by atoms with Gasteiger partial charge >= 0.3 is 11.9 Å². The molecule has 6 heteroatoms. The summed E-state index contributed by atoms with van der Waals surface area (Å²) in [7, 11) is 1.53. The lowest BCUT2D eigenvalue weighted by molar-refractivity contribution is -0.158. The van der Waals surface area contributed by atoms with Gasteiger partial charge in [-0.15, -0.1) is 0 Å². The van der Waals surface area contributed by atoms with Crippen LogP contribution in [0.5, 0.6) is 0 Å². The highest BCUT2D eigenvalue weighted by molar-refractivity contribution is 5.89. The smallest absolute Gasteiger partial charge is 0.354 e. The van der Waals surface area contributed by atoms with Gasteiger partial charge in [0.1, 0.15) is 23.9 Å². The van der Waals surface area contributed by atoms with E-state index in [4.69, 9.17) is 14.2 Å². The van der Waals surface area contributed by atoms with Crippen molar-refractivity contribution in [3.63, 3.8) is 0 Å². The number of ether oxygens (including phenoxy) is 3. The van der Waals surface area contributed by atoms with Crippen molar-refractivity contribution in [1.29, 1.82) is 0 Å².